The second kappa shape index (κ2) is 17.2. The molecule has 19 atom stereocenters. The van der Waals surface area contributed by atoms with Gasteiger partial charge in [-0.05, 0) is 115 Å². The molecule has 12 nitrogen and oxygen atoms in total. The summed E-state index contributed by atoms with van der Waals surface area (Å²) < 4.78 is 50.4. The summed E-state index contributed by atoms with van der Waals surface area (Å²) in [4.78, 5) is 30.7. The fraction of sp³-hybridized carbons (Fsp3) is 0.905. The van der Waals surface area contributed by atoms with Crippen LogP contribution in [0.3, 0.4) is 0 Å². The van der Waals surface area contributed by atoms with Gasteiger partial charge < -0.3 is 48.1 Å². The summed E-state index contributed by atoms with van der Waals surface area (Å²) in [5.74, 6) is 0.422. The Labute approximate surface area is 323 Å². The Kier molecular flexibility index (Phi) is 12.9. The number of hydrogen-bond donors (Lipinski definition) is 1. The van der Waals surface area contributed by atoms with Crippen LogP contribution in [0.4, 0.5) is 0 Å². The molecule has 2 saturated carbocycles. The van der Waals surface area contributed by atoms with Gasteiger partial charge in [-0.1, -0.05) is 19.9 Å². The van der Waals surface area contributed by atoms with Crippen LogP contribution in [-0.2, 0) is 47.5 Å². The summed E-state index contributed by atoms with van der Waals surface area (Å²) in [5.41, 5.74) is 0.800. The van der Waals surface area contributed by atoms with E-state index in [1.165, 1.54) is 0 Å². The maximum absolute atomic E-state index is 14.8. The van der Waals surface area contributed by atoms with Gasteiger partial charge in [-0.15, -0.1) is 0 Å². The van der Waals surface area contributed by atoms with Crippen molar-refractivity contribution in [2.45, 2.75) is 172 Å². The van der Waals surface area contributed by atoms with Gasteiger partial charge in [0.15, 0.2) is 18.4 Å². The number of ketones is 1. The highest BCUT2D eigenvalue weighted by Crippen LogP contribution is 2.60. The summed E-state index contributed by atoms with van der Waals surface area (Å²) in [7, 11) is 7.54. The van der Waals surface area contributed by atoms with Crippen molar-refractivity contribution in [3.8, 4) is 0 Å². The molecule has 12 heteroatoms. The molecule has 0 bridgehead atoms. The van der Waals surface area contributed by atoms with Gasteiger partial charge in [0, 0.05) is 50.8 Å². The lowest BCUT2D eigenvalue weighted by molar-refractivity contribution is -0.317. The van der Waals surface area contributed by atoms with Crippen LogP contribution >= 0.6 is 0 Å². The Morgan fingerprint density at radius 1 is 0.870 bits per heavy atom. The highest BCUT2D eigenvalue weighted by atomic mass is 16.7. The van der Waals surface area contributed by atoms with E-state index >= 15 is 0 Å². The maximum Gasteiger partial charge on any atom is 0.306 e. The van der Waals surface area contributed by atoms with Crippen LogP contribution in [0, 0.1) is 35.5 Å². The number of carbonyl (C=O) groups is 2. The first kappa shape index (κ1) is 40.7. The fourth-order valence-corrected chi connectivity index (χ4v) is 11.6. The summed E-state index contributed by atoms with van der Waals surface area (Å²) in [6.45, 7) is 10.7. The molecule has 4 aliphatic heterocycles. The van der Waals surface area contributed by atoms with Crippen LogP contribution < -0.4 is 5.32 Å². The molecular weight excluding hydrogens is 692 g/mol. The monoisotopic (exact) mass is 760 g/mol. The van der Waals surface area contributed by atoms with Crippen molar-refractivity contribution in [2.75, 3.05) is 34.9 Å². The number of hydrogen-bond acceptors (Lipinski definition) is 12. The number of likely N-dealkylation sites (N-methyl/N-ethyl adjacent to an activating group) is 1. The second-order valence-corrected chi connectivity index (χ2v) is 17.6. The molecule has 0 amide bonds. The van der Waals surface area contributed by atoms with Crippen LogP contribution in [0.25, 0.3) is 0 Å². The third kappa shape index (κ3) is 7.99. The molecular formula is C42H68N2O10. The zero-order valence-electron chi connectivity index (χ0n) is 34.1. The largest absolute Gasteiger partial charge is 0.462 e. The lowest BCUT2D eigenvalue weighted by Crippen LogP contribution is -2.60. The molecule has 1 N–H and O–H groups in total. The summed E-state index contributed by atoms with van der Waals surface area (Å²) >= 11 is 0. The number of Topliss-reactive ketones (excluding diaryl/α,β-unsaturated/α-hetero) is 1. The van der Waals surface area contributed by atoms with Gasteiger partial charge >= 0.3 is 5.97 Å². The molecule has 7 aliphatic rings. The van der Waals surface area contributed by atoms with E-state index in [0.717, 1.165) is 50.5 Å². The van der Waals surface area contributed by atoms with Crippen LogP contribution in [0.5, 0.6) is 0 Å². The summed E-state index contributed by atoms with van der Waals surface area (Å²) in [6.07, 6.45) is 6.53. The Morgan fingerprint density at radius 2 is 1.63 bits per heavy atom. The number of rotatable bonds is 10. The van der Waals surface area contributed by atoms with Gasteiger partial charge in [-0.2, -0.15) is 0 Å². The lowest BCUT2D eigenvalue weighted by atomic mass is 9.66. The zero-order chi connectivity index (χ0) is 38.4. The van der Waals surface area contributed by atoms with E-state index < -0.39 is 12.4 Å². The van der Waals surface area contributed by atoms with Crippen molar-refractivity contribution >= 4 is 11.8 Å². The minimum Gasteiger partial charge on any atom is -0.462 e. The van der Waals surface area contributed by atoms with E-state index in [1.54, 1.807) is 14.2 Å². The molecule has 0 aromatic rings. The third-order valence-corrected chi connectivity index (χ3v) is 14.3. The summed E-state index contributed by atoms with van der Waals surface area (Å²) in [6, 6.07) is 0.945. The first-order valence-electron chi connectivity index (χ1n) is 21.1. The van der Waals surface area contributed by atoms with Crippen molar-refractivity contribution in [3.63, 3.8) is 0 Å². The molecule has 0 spiro atoms. The number of methoxy groups -OCH3 is 2. The standard InChI is InChI=1S/C42H68N2O10/c1-10-24-13-12-14-32(54-34-16-15-31(44(6)7)22(4)50-34)21(3)38(46)30-19-27-26-17-25(18-29(26)36-37(43-36)35(27)28(30)20-33(45)52-24)53-42-41(48-9)40(49-11-2)39(47-8)23(5)51-42/h19,21-29,31-32,34-37,39-43H,10-18,20H2,1-9H3/t21-,22?,23?,24+,25+,26+,27+,28-,29-,31+,32+,34+,35-,36+,37-,39+,40?,41+,42+/m1/s1. The number of nitrogens with one attached hydrogen (secondary N) is 1. The Morgan fingerprint density at radius 3 is 2.31 bits per heavy atom. The van der Waals surface area contributed by atoms with Gasteiger partial charge in [0.1, 0.15) is 24.4 Å². The molecule has 4 heterocycles. The number of cyclic esters (lactones) is 1. The van der Waals surface area contributed by atoms with Crippen LogP contribution in [0.15, 0.2) is 11.6 Å². The van der Waals surface area contributed by atoms with E-state index in [1.807, 2.05) is 20.8 Å². The lowest BCUT2D eigenvalue weighted by Gasteiger charge is -2.44. The van der Waals surface area contributed by atoms with Gasteiger partial charge in [-0.3, -0.25) is 9.59 Å². The van der Waals surface area contributed by atoms with Gasteiger partial charge in [-0.25, -0.2) is 0 Å². The average molecular weight is 761 g/mol. The van der Waals surface area contributed by atoms with Crippen LogP contribution in [0.1, 0.15) is 92.4 Å². The molecule has 0 aromatic carbocycles. The predicted molar refractivity (Wildman–Crippen MR) is 200 cm³/mol. The van der Waals surface area contributed by atoms with Crippen LogP contribution in [0.2, 0.25) is 0 Å². The van der Waals surface area contributed by atoms with Gasteiger partial charge in [0.2, 0.25) is 0 Å². The van der Waals surface area contributed by atoms with Gasteiger partial charge in [0.25, 0.3) is 0 Å². The quantitative estimate of drug-likeness (QED) is 0.245. The molecule has 3 aliphatic carbocycles. The minimum atomic E-state index is -0.584. The van der Waals surface area contributed by atoms with Crippen molar-refractivity contribution < 1.29 is 47.5 Å². The number of carbonyl (C=O) groups excluding carboxylic acids is 2. The summed E-state index contributed by atoms with van der Waals surface area (Å²) in [5, 5.41) is 3.83. The first-order valence-corrected chi connectivity index (χ1v) is 21.1. The van der Waals surface area contributed by atoms with Crippen molar-refractivity contribution in [2.24, 2.45) is 35.5 Å². The molecule has 54 heavy (non-hydrogen) atoms. The number of fused-ring (bicyclic) bond motifs is 8. The molecule has 0 radical (unpaired) electrons. The highest BCUT2D eigenvalue weighted by Gasteiger charge is 2.65. The van der Waals surface area contributed by atoms with Gasteiger partial charge in [0.05, 0.1) is 30.8 Å². The molecule has 306 valence electrons. The maximum atomic E-state index is 14.8. The molecule has 4 saturated heterocycles. The van der Waals surface area contributed by atoms with E-state index in [2.05, 4.69) is 44.2 Å². The Balaban J connectivity index is 1.11. The Hall–Kier alpha value is -1.48. The Bertz CT molecular complexity index is 1350. The zero-order valence-corrected chi connectivity index (χ0v) is 34.1. The number of allylic oxidation sites excluding steroid dienone is 2. The van der Waals surface area contributed by atoms with E-state index in [-0.39, 0.29) is 96.9 Å². The number of ether oxygens (including phenoxy) is 8. The SMILES string of the molecule is CCOC1[C@@H](OC)C(C)O[C@@H](O[C@@H]2C[C@@H]3[C@@H](C2)[C@@H]2C=C4C(=O)[C@H](C)[C@@H](O[C@H]5CC[C@H](N(C)C)C(C)O5)CCC[C@H](CC)OC(=O)C[C@H]4[C@@H]2[C@H]2N[C@@H]32)[C@H]1OC. The third-order valence-electron chi connectivity index (χ3n) is 14.3. The number of nitrogens with zero attached hydrogens (tertiary/aromatic N) is 1. The minimum absolute atomic E-state index is 0.0318. The number of esters is 1. The van der Waals surface area contributed by atoms with E-state index in [0.29, 0.717) is 36.9 Å². The van der Waals surface area contributed by atoms with Crippen molar-refractivity contribution in [1.82, 2.24) is 10.2 Å². The average Bonchev–Trinajstić information content (AvgIpc) is 3.68. The molecule has 3 unspecified atom stereocenters. The molecule has 6 fully saturated rings. The van der Waals surface area contributed by atoms with Crippen molar-refractivity contribution in [1.29, 1.82) is 0 Å². The second-order valence-electron chi connectivity index (χ2n) is 17.6. The van der Waals surface area contributed by atoms with E-state index in [4.69, 9.17) is 37.9 Å². The smallest absolute Gasteiger partial charge is 0.306 e. The van der Waals surface area contributed by atoms with Crippen molar-refractivity contribution in [3.05, 3.63) is 11.6 Å². The highest BCUT2D eigenvalue weighted by molar-refractivity contribution is 5.99. The normalized spacial score (nSPS) is 48.1. The van der Waals surface area contributed by atoms with E-state index in [9.17, 15) is 9.59 Å². The predicted octanol–water partition coefficient (Wildman–Crippen LogP) is 4.66. The fourth-order valence-electron chi connectivity index (χ4n) is 11.6. The van der Waals surface area contributed by atoms with Crippen LogP contribution in [-0.4, -0.2) is 131 Å². The molecule has 7 rings (SSSR count). The topological polar surface area (TPSA) is 133 Å². The molecule has 0 aromatic heterocycles. The first-order chi connectivity index (χ1) is 26.0.